The molecule has 0 bridgehead atoms. The zero-order valence-electron chi connectivity index (χ0n) is 10.3. The van der Waals surface area contributed by atoms with Crippen LogP contribution < -0.4 is 5.32 Å². The third kappa shape index (κ3) is 2.64. The summed E-state index contributed by atoms with van der Waals surface area (Å²) in [6, 6.07) is 7.32. The van der Waals surface area contributed by atoms with Crippen LogP contribution in [0.5, 0.6) is 0 Å². The zero-order valence-corrected chi connectivity index (χ0v) is 10.3. The van der Waals surface area contributed by atoms with Crippen molar-refractivity contribution < 1.29 is 4.92 Å². The first kappa shape index (κ1) is 12.0. The average molecular weight is 234 g/mol. The van der Waals surface area contributed by atoms with Gasteiger partial charge in [0.05, 0.1) is 4.92 Å². The lowest BCUT2D eigenvalue weighted by Gasteiger charge is -2.20. The lowest BCUT2D eigenvalue weighted by atomic mass is 10.0. The lowest BCUT2D eigenvalue weighted by molar-refractivity contribution is -0.385. The van der Waals surface area contributed by atoms with Crippen LogP contribution >= 0.6 is 0 Å². The Morgan fingerprint density at radius 2 is 2.12 bits per heavy atom. The van der Waals surface area contributed by atoms with E-state index in [-0.39, 0.29) is 10.6 Å². The molecule has 1 aliphatic carbocycles. The Bertz CT molecular complexity index is 427. The van der Waals surface area contributed by atoms with Gasteiger partial charge < -0.3 is 5.32 Å². The number of hydrogen-bond acceptors (Lipinski definition) is 3. The molecule has 0 saturated heterocycles. The molecule has 1 fully saturated rings. The molecule has 1 unspecified atom stereocenters. The minimum absolute atomic E-state index is 0.202. The molecule has 92 valence electrons. The van der Waals surface area contributed by atoms with E-state index in [0.29, 0.717) is 18.0 Å². The van der Waals surface area contributed by atoms with Gasteiger partial charge in [-0.15, -0.1) is 0 Å². The van der Waals surface area contributed by atoms with Crippen LogP contribution in [-0.4, -0.2) is 11.0 Å². The van der Waals surface area contributed by atoms with E-state index in [1.807, 2.05) is 12.1 Å². The molecule has 1 aliphatic rings. The number of nitro groups is 1. The van der Waals surface area contributed by atoms with Gasteiger partial charge in [-0.2, -0.15) is 0 Å². The van der Waals surface area contributed by atoms with Gasteiger partial charge in [-0.3, -0.25) is 10.1 Å². The van der Waals surface area contributed by atoms with E-state index in [4.69, 9.17) is 0 Å². The molecular formula is C13H18N2O2. The van der Waals surface area contributed by atoms with Gasteiger partial charge in [0.1, 0.15) is 0 Å². The minimum atomic E-state index is -0.319. The van der Waals surface area contributed by atoms with E-state index < -0.39 is 0 Å². The maximum Gasteiger partial charge on any atom is 0.273 e. The van der Waals surface area contributed by atoms with Crippen molar-refractivity contribution in [3.8, 4) is 0 Å². The summed E-state index contributed by atoms with van der Waals surface area (Å²) in [6.07, 6.45) is 2.50. The van der Waals surface area contributed by atoms with Crippen molar-refractivity contribution in [1.82, 2.24) is 5.32 Å². The molecule has 4 nitrogen and oxygen atoms in total. The molecule has 0 heterocycles. The summed E-state index contributed by atoms with van der Waals surface area (Å²) < 4.78 is 0. The third-order valence-electron chi connectivity index (χ3n) is 3.87. The van der Waals surface area contributed by atoms with E-state index in [9.17, 15) is 10.1 Å². The molecule has 0 aromatic heterocycles. The molecule has 1 aromatic rings. The maximum absolute atomic E-state index is 10.9. The van der Waals surface area contributed by atoms with Gasteiger partial charge in [0, 0.05) is 24.2 Å². The summed E-state index contributed by atoms with van der Waals surface area (Å²) in [5.74, 6) is 0. The number of nitro benzene ring substituents is 1. The summed E-state index contributed by atoms with van der Waals surface area (Å²) in [5.41, 5.74) is 1.35. The van der Waals surface area contributed by atoms with Crippen LogP contribution in [0.25, 0.3) is 0 Å². The normalized spacial score (nSPS) is 18.7. The fourth-order valence-corrected chi connectivity index (χ4v) is 1.98. The van der Waals surface area contributed by atoms with E-state index in [0.717, 1.165) is 5.56 Å². The topological polar surface area (TPSA) is 55.2 Å². The molecule has 1 aromatic carbocycles. The maximum atomic E-state index is 10.9. The Balaban J connectivity index is 2.01. The zero-order chi connectivity index (χ0) is 12.5. The highest BCUT2D eigenvalue weighted by Gasteiger charge is 2.42. The molecule has 0 aliphatic heterocycles. The molecule has 1 N–H and O–H groups in total. The summed E-state index contributed by atoms with van der Waals surface area (Å²) in [6.45, 7) is 4.97. The molecule has 1 saturated carbocycles. The number of nitrogens with one attached hydrogen (secondary N) is 1. The van der Waals surface area contributed by atoms with E-state index in [1.165, 1.54) is 12.8 Å². The minimum Gasteiger partial charge on any atom is -0.309 e. The SMILES string of the molecule is CC(NCc1ccccc1[N+](=O)[O-])C1(C)CC1. The first-order valence-corrected chi connectivity index (χ1v) is 5.99. The van der Waals surface area contributed by atoms with Gasteiger partial charge >= 0.3 is 0 Å². The monoisotopic (exact) mass is 234 g/mol. The lowest BCUT2D eigenvalue weighted by Crippen LogP contribution is -2.32. The van der Waals surface area contributed by atoms with Crippen molar-refractivity contribution >= 4 is 5.69 Å². The second kappa shape index (κ2) is 4.45. The predicted molar refractivity (Wildman–Crippen MR) is 66.7 cm³/mol. The van der Waals surface area contributed by atoms with Crippen molar-refractivity contribution in [1.29, 1.82) is 0 Å². The van der Waals surface area contributed by atoms with Crippen molar-refractivity contribution in [2.45, 2.75) is 39.3 Å². The summed E-state index contributed by atoms with van der Waals surface area (Å²) in [7, 11) is 0. The molecule has 0 amide bonds. The van der Waals surface area contributed by atoms with Gasteiger partial charge in [0.2, 0.25) is 0 Å². The van der Waals surface area contributed by atoms with Gasteiger partial charge in [0.15, 0.2) is 0 Å². The highest BCUT2D eigenvalue weighted by Crippen LogP contribution is 2.48. The summed E-state index contributed by atoms with van der Waals surface area (Å²) >= 11 is 0. The second-order valence-electron chi connectivity index (χ2n) is 5.14. The molecule has 1 atom stereocenters. The molecule has 0 spiro atoms. The third-order valence-corrected chi connectivity index (χ3v) is 3.87. The number of para-hydroxylation sites is 1. The van der Waals surface area contributed by atoms with Crippen LogP contribution in [0.2, 0.25) is 0 Å². The van der Waals surface area contributed by atoms with Crippen LogP contribution in [0.4, 0.5) is 5.69 Å². The molecule has 4 heteroatoms. The Hall–Kier alpha value is -1.42. The second-order valence-corrected chi connectivity index (χ2v) is 5.14. The standard InChI is InChI=1S/C13H18N2O2/c1-10(13(2)7-8-13)14-9-11-5-3-4-6-12(11)15(16)17/h3-6,10,14H,7-9H2,1-2H3. The Morgan fingerprint density at radius 1 is 1.47 bits per heavy atom. The summed E-state index contributed by atoms with van der Waals surface area (Å²) in [5, 5.41) is 14.2. The first-order chi connectivity index (χ1) is 8.03. The molecule has 0 radical (unpaired) electrons. The fraction of sp³-hybridized carbons (Fsp3) is 0.538. The van der Waals surface area contributed by atoms with Crippen LogP contribution in [0.1, 0.15) is 32.3 Å². The van der Waals surface area contributed by atoms with Crippen molar-refractivity contribution in [3.63, 3.8) is 0 Å². The Labute approximate surface area is 101 Å². The highest BCUT2D eigenvalue weighted by atomic mass is 16.6. The van der Waals surface area contributed by atoms with Crippen molar-refractivity contribution in [2.75, 3.05) is 0 Å². The number of nitrogens with zero attached hydrogens (tertiary/aromatic N) is 1. The molecular weight excluding hydrogens is 216 g/mol. The van der Waals surface area contributed by atoms with Crippen LogP contribution in [-0.2, 0) is 6.54 Å². The number of benzene rings is 1. The van der Waals surface area contributed by atoms with Crippen LogP contribution in [0, 0.1) is 15.5 Å². The highest BCUT2D eigenvalue weighted by molar-refractivity contribution is 5.39. The number of hydrogen-bond donors (Lipinski definition) is 1. The van der Waals surface area contributed by atoms with Gasteiger partial charge in [-0.1, -0.05) is 25.1 Å². The van der Waals surface area contributed by atoms with Crippen molar-refractivity contribution in [3.05, 3.63) is 39.9 Å². The average Bonchev–Trinajstić information content (AvgIpc) is 3.06. The quantitative estimate of drug-likeness (QED) is 0.629. The van der Waals surface area contributed by atoms with Crippen LogP contribution in [0.15, 0.2) is 24.3 Å². The van der Waals surface area contributed by atoms with E-state index in [1.54, 1.807) is 12.1 Å². The Morgan fingerprint density at radius 3 is 2.71 bits per heavy atom. The molecule has 17 heavy (non-hydrogen) atoms. The number of rotatable bonds is 5. The van der Waals surface area contributed by atoms with Gasteiger partial charge in [-0.05, 0) is 25.2 Å². The van der Waals surface area contributed by atoms with Gasteiger partial charge in [0.25, 0.3) is 5.69 Å². The summed E-state index contributed by atoms with van der Waals surface area (Å²) in [4.78, 5) is 10.5. The van der Waals surface area contributed by atoms with E-state index in [2.05, 4.69) is 19.2 Å². The smallest absolute Gasteiger partial charge is 0.273 e. The van der Waals surface area contributed by atoms with E-state index >= 15 is 0 Å². The fourth-order valence-electron chi connectivity index (χ4n) is 1.98. The largest absolute Gasteiger partial charge is 0.309 e. The van der Waals surface area contributed by atoms with Crippen LogP contribution in [0.3, 0.4) is 0 Å². The first-order valence-electron chi connectivity index (χ1n) is 5.99. The molecule has 2 rings (SSSR count). The predicted octanol–water partition coefficient (Wildman–Crippen LogP) is 2.87. The van der Waals surface area contributed by atoms with Gasteiger partial charge in [-0.25, -0.2) is 0 Å². The Kier molecular flexibility index (Phi) is 3.15. The van der Waals surface area contributed by atoms with Crippen molar-refractivity contribution in [2.24, 2.45) is 5.41 Å².